The topological polar surface area (TPSA) is 58.9 Å². The molecule has 5 aromatic carbocycles. The molecule has 0 aliphatic heterocycles. The van der Waals surface area contributed by atoms with E-state index in [0.29, 0.717) is 27.5 Å². The SMILES string of the molecule is O=S(=O)(c1ccccc1N=NC(c1cccc(Cl)c1)=P(c1ccccc1)(c1ccccc1)c1ccccc1)C(F)(F)C(F)(F)C(F)(F)C(F)(F)F. The summed E-state index contributed by atoms with van der Waals surface area (Å²) < 4.78 is 151. The van der Waals surface area contributed by atoms with Gasteiger partial charge in [-0.05, 0) is 40.2 Å². The van der Waals surface area contributed by atoms with Crippen LogP contribution in [0.25, 0.3) is 0 Å². The van der Waals surface area contributed by atoms with Crippen molar-refractivity contribution in [2.75, 3.05) is 0 Å². The van der Waals surface area contributed by atoms with Gasteiger partial charge in [-0.2, -0.15) is 39.5 Å². The molecule has 0 radical (unpaired) electrons. The Balaban J connectivity index is 1.88. The van der Waals surface area contributed by atoms with Gasteiger partial charge in [-0.3, -0.25) is 0 Å². The Morgan fingerprint density at radius 2 is 1.02 bits per heavy atom. The molecular weight excluding hydrogens is 750 g/mol. The Kier molecular flexibility index (Phi) is 10.4. The first kappa shape index (κ1) is 37.9. The average molecular weight is 773 g/mol. The molecule has 51 heavy (non-hydrogen) atoms. The number of alkyl halides is 9. The van der Waals surface area contributed by atoms with Crippen LogP contribution in [-0.2, 0) is 9.84 Å². The molecule has 4 nitrogen and oxygen atoms in total. The van der Waals surface area contributed by atoms with Crippen molar-refractivity contribution in [3.8, 4) is 0 Å². The van der Waals surface area contributed by atoms with Crippen molar-refractivity contribution >= 4 is 55.3 Å². The molecule has 0 bridgehead atoms. The first-order valence-electron chi connectivity index (χ1n) is 14.6. The predicted octanol–water partition coefficient (Wildman–Crippen LogP) is 9.80. The fourth-order valence-corrected chi connectivity index (χ4v) is 11.0. The van der Waals surface area contributed by atoms with Crippen LogP contribution in [0.4, 0.5) is 45.2 Å². The van der Waals surface area contributed by atoms with E-state index in [2.05, 4.69) is 10.2 Å². The molecule has 266 valence electrons. The summed E-state index contributed by atoms with van der Waals surface area (Å²) in [6.45, 7) is -3.24. The third kappa shape index (κ3) is 6.49. The molecule has 0 spiro atoms. The standard InChI is InChI=1S/C35H23ClF9N2O2PS/c36-25-14-12-13-24(23-25)31(50(26-15-4-1-5-16-26,27-17-6-2-7-18-27)28-19-8-3-9-20-28)47-46-29-21-10-11-22-30(29)51(48,49)35(44,45)33(39,40)32(37,38)34(41,42)43/h1-23H. The minimum atomic E-state index is -7.44. The van der Waals surface area contributed by atoms with Crippen LogP contribution in [0.2, 0.25) is 5.02 Å². The second-order valence-corrected chi connectivity index (χ2v) is 16.6. The molecule has 0 saturated carbocycles. The molecular formula is C35H23ClF9N2O2PS. The zero-order valence-corrected chi connectivity index (χ0v) is 28.1. The maximum Gasteiger partial charge on any atom is 0.460 e. The number of hydrogen-bond acceptors (Lipinski definition) is 3. The molecule has 16 heteroatoms. The first-order chi connectivity index (χ1) is 23.9. The van der Waals surface area contributed by atoms with Gasteiger partial charge in [-0.25, -0.2) is 8.42 Å². The van der Waals surface area contributed by atoms with Crippen molar-refractivity contribution in [1.29, 1.82) is 0 Å². The largest absolute Gasteiger partial charge is 0.460 e. The van der Waals surface area contributed by atoms with Gasteiger partial charge in [0.25, 0.3) is 9.84 Å². The highest BCUT2D eigenvalue weighted by atomic mass is 35.5. The van der Waals surface area contributed by atoms with Crippen molar-refractivity contribution in [2.24, 2.45) is 10.2 Å². The van der Waals surface area contributed by atoms with Gasteiger partial charge in [0.1, 0.15) is 16.0 Å². The minimum absolute atomic E-state index is 0.112. The Labute approximate surface area is 291 Å². The summed E-state index contributed by atoms with van der Waals surface area (Å²) in [6.07, 6.45) is -7.23. The minimum Gasteiger partial charge on any atom is -0.217 e. The summed E-state index contributed by atoms with van der Waals surface area (Å²) in [7, 11) is -7.02. The van der Waals surface area contributed by atoms with Crippen LogP contribution in [0.3, 0.4) is 0 Å². The van der Waals surface area contributed by atoms with Crippen molar-refractivity contribution < 1.29 is 47.9 Å². The summed E-state index contributed by atoms with van der Waals surface area (Å²) >= 11 is 6.39. The summed E-state index contributed by atoms with van der Waals surface area (Å²) in [4.78, 5) is -1.77. The van der Waals surface area contributed by atoms with E-state index in [1.165, 1.54) is 6.07 Å². The van der Waals surface area contributed by atoms with E-state index in [9.17, 15) is 39.2 Å². The predicted molar refractivity (Wildman–Crippen MR) is 180 cm³/mol. The molecule has 0 amide bonds. The summed E-state index contributed by atoms with van der Waals surface area (Å²) in [5.41, 5.74) is -0.616. The van der Waals surface area contributed by atoms with Gasteiger partial charge in [0, 0.05) is 17.5 Å². The van der Waals surface area contributed by atoms with Gasteiger partial charge >= 0.3 is 23.3 Å². The van der Waals surface area contributed by atoms with Crippen molar-refractivity contribution in [3.05, 3.63) is 150 Å². The van der Waals surface area contributed by atoms with Gasteiger partial charge in [0.05, 0.1) is 0 Å². The third-order valence-electron chi connectivity index (χ3n) is 7.69. The number of rotatable bonds is 10. The molecule has 0 fully saturated rings. The van der Waals surface area contributed by atoms with E-state index < -0.39 is 50.6 Å². The molecule has 0 aromatic heterocycles. The fraction of sp³-hybridized carbons (Fsp3) is 0.114. The zero-order chi connectivity index (χ0) is 37.3. The van der Waals surface area contributed by atoms with E-state index in [-0.39, 0.29) is 10.4 Å². The lowest BCUT2D eigenvalue weighted by molar-refractivity contribution is -0.382. The highest BCUT2D eigenvalue weighted by Gasteiger charge is 2.85. The van der Waals surface area contributed by atoms with E-state index >= 15 is 8.78 Å². The van der Waals surface area contributed by atoms with Crippen LogP contribution in [0.1, 0.15) is 5.56 Å². The number of halogens is 10. The maximum atomic E-state index is 15.0. The monoisotopic (exact) mass is 772 g/mol. The smallest absolute Gasteiger partial charge is 0.217 e. The third-order valence-corrected chi connectivity index (χ3v) is 14.0. The van der Waals surface area contributed by atoms with E-state index in [1.54, 1.807) is 109 Å². The van der Waals surface area contributed by atoms with E-state index in [4.69, 9.17) is 11.6 Å². The van der Waals surface area contributed by atoms with Crippen LogP contribution in [0, 0.1) is 0 Å². The van der Waals surface area contributed by atoms with Crippen LogP contribution >= 0.6 is 18.5 Å². The molecule has 0 heterocycles. The quantitative estimate of drug-likeness (QED) is 0.0807. The van der Waals surface area contributed by atoms with Gasteiger partial charge in [0.15, 0.2) is 0 Å². The Hall–Kier alpha value is -4.39. The van der Waals surface area contributed by atoms with Crippen molar-refractivity contribution in [2.45, 2.75) is 28.2 Å². The summed E-state index contributed by atoms with van der Waals surface area (Å²) in [5.74, 6) is -14.9. The number of azo groups is 1. The molecule has 0 saturated heterocycles. The van der Waals surface area contributed by atoms with Gasteiger partial charge in [-0.15, -0.1) is 10.2 Å². The Bertz CT molecular complexity index is 2120. The molecule has 5 aromatic rings. The number of nitrogens with zero attached hydrogens (tertiary/aromatic N) is 2. The van der Waals surface area contributed by atoms with Crippen molar-refractivity contribution in [1.82, 2.24) is 0 Å². The maximum absolute atomic E-state index is 15.0. The highest BCUT2D eigenvalue weighted by molar-refractivity contribution is 7.95. The van der Waals surface area contributed by atoms with Crippen LogP contribution in [0.15, 0.2) is 155 Å². The van der Waals surface area contributed by atoms with E-state index in [0.717, 1.165) is 18.2 Å². The summed E-state index contributed by atoms with van der Waals surface area (Å²) in [6, 6.07) is 35.8. The molecule has 0 aliphatic rings. The molecule has 5 rings (SSSR count). The van der Waals surface area contributed by atoms with Crippen LogP contribution < -0.4 is 15.9 Å². The second kappa shape index (κ2) is 14.0. The normalized spacial score (nSPS) is 13.4. The molecule has 0 N–H and O–H groups in total. The van der Waals surface area contributed by atoms with Crippen LogP contribution in [-0.4, -0.2) is 37.1 Å². The lowest BCUT2D eigenvalue weighted by Crippen LogP contribution is -2.63. The van der Waals surface area contributed by atoms with Gasteiger partial charge < -0.3 is 0 Å². The first-order valence-corrected chi connectivity index (χ1v) is 18.2. The van der Waals surface area contributed by atoms with Gasteiger partial charge in [-0.1, -0.05) is 127 Å². The Morgan fingerprint density at radius 3 is 1.47 bits per heavy atom. The van der Waals surface area contributed by atoms with Crippen LogP contribution in [0.5, 0.6) is 0 Å². The number of benzene rings is 5. The lowest BCUT2D eigenvalue weighted by atomic mass is 10.1. The number of sulfone groups is 1. The fourth-order valence-electron chi connectivity index (χ4n) is 5.25. The van der Waals surface area contributed by atoms with Crippen molar-refractivity contribution in [3.63, 3.8) is 0 Å². The second-order valence-electron chi connectivity index (χ2n) is 10.8. The van der Waals surface area contributed by atoms with Gasteiger partial charge in [0.2, 0.25) is 0 Å². The zero-order valence-electron chi connectivity index (χ0n) is 25.6. The lowest BCUT2D eigenvalue weighted by Gasteiger charge is -2.33. The highest BCUT2D eigenvalue weighted by Crippen LogP contribution is 2.56. The molecule has 0 unspecified atom stereocenters. The number of hydrogen-bond donors (Lipinski definition) is 0. The Morgan fingerprint density at radius 1 is 0.569 bits per heavy atom. The van der Waals surface area contributed by atoms with E-state index in [1.807, 2.05) is 0 Å². The molecule has 0 atom stereocenters. The average Bonchev–Trinajstić information content (AvgIpc) is 3.10. The molecule has 0 aliphatic carbocycles. The summed E-state index contributed by atoms with van der Waals surface area (Å²) in [5, 5.41) is 3.64.